The molecule has 1 unspecified atom stereocenters. The fourth-order valence-electron chi connectivity index (χ4n) is 3.81. The Kier molecular flexibility index (Phi) is 4.64. The number of hydrogen-bond acceptors (Lipinski definition) is 4. The van der Waals surface area contributed by atoms with Gasteiger partial charge in [-0.3, -0.25) is 19.6 Å². The Morgan fingerprint density at radius 1 is 0.926 bits per heavy atom. The van der Waals surface area contributed by atoms with E-state index >= 15 is 0 Å². The molecule has 0 bridgehead atoms. The number of hydrogen-bond donors (Lipinski definition) is 0. The van der Waals surface area contributed by atoms with Crippen molar-refractivity contribution >= 4 is 11.8 Å². The predicted octanol–water partition coefficient (Wildman–Crippen LogP) is 2.61. The summed E-state index contributed by atoms with van der Waals surface area (Å²) in [4.78, 5) is 38.1. The maximum atomic E-state index is 13.1. The van der Waals surface area contributed by atoms with Crippen LogP contribution in [0.25, 0.3) is 0 Å². The van der Waals surface area contributed by atoms with Gasteiger partial charge in [0.25, 0.3) is 11.8 Å². The van der Waals surface area contributed by atoms with Gasteiger partial charge in [-0.1, -0.05) is 0 Å². The van der Waals surface area contributed by atoms with Crippen LogP contribution in [0.15, 0.2) is 36.9 Å². The first-order chi connectivity index (χ1) is 13.0. The molecule has 2 aromatic heterocycles. The Labute approximate surface area is 159 Å². The van der Waals surface area contributed by atoms with Crippen LogP contribution in [-0.2, 0) is 0 Å². The van der Waals surface area contributed by atoms with Gasteiger partial charge in [-0.05, 0) is 56.4 Å². The SMILES string of the molecule is Cc1cncc(C(=O)N2CCC(N(C(=O)c3cncc(C)c3)C3CC3)C2)c1. The van der Waals surface area contributed by atoms with Crippen molar-refractivity contribution in [2.45, 2.75) is 45.2 Å². The number of aryl methyl sites for hydroxylation is 2. The zero-order valence-corrected chi connectivity index (χ0v) is 15.8. The van der Waals surface area contributed by atoms with Crippen molar-refractivity contribution in [3.63, 3.8) is 0 Å². The lowest BCUT2D eigenvalue weighted by Crippen LogP contribution is -2.44. The van der Waals surface area contributed by atoms with Gasteiger partial charge in [-0.25, -0.2) is 0 Å². The normalized spacial score (nSPS) is 19.2. The molecule has 3 heterocycles. The zero-order valence-electron chi connectivity index (χ0n) is 15.8. The van der Waals surface area contributed by atoms with Crippen molar-refractivity contribution in [2.24, 2.45) is 0 Å². The third-order valence-electron chi connectivity index (χ3n) is 5.26. The summed E-state index contributed by atoms with van der Waals surface area (Å²) in [6.45, 7) is 5.12. The van der Waals surface area contributed by atoms with Gasteiger partial charge < -0.3 is 9.80 Å². The predicted molar refractivity (Wildman–Crippen MR) is 101 cm³/mol. The highest BCUT2D eigenvalue weighted by Gasteiger charge is 2.41. The van der Waals surface area contributed by atoms with Crippen LogP contribution in [0.1, 0.15) is 51.1 Å². The van der Waals surface area contributed by atoms with E-state index < -0.39 is 0 Å². The monoisotopic (exact) mass is 364 g/mol. The number of carbonyl (C=O) groups is 2. The van der Waals surface area contributed by atoms with Crippen molar-refractivity contribution < 1.29 is 9.59 Å². The highest BCUT2D eigenvalue weighted by molar-refractivity contribution is 5.96. The van der Waals surface area contributed by atoms with Crippen LogP contribution in [0.2, 0.25) is 0 Å². The number of amides is 2. The summed E-state index contributed by atoms with van der Waals surface area (Å²) in [5, 5.41) is 0. The molecule has 2 aromatic rings. The minimum absolute atomic E-state index is 0.00545. The topological polar surface area (TPSA) is 66.4 Å². The Balaban J connectivity index is 1.50. The van der Waals surface area contributed by atoms with Crippen LogP contribution < -0.4 is 0 Å². The molecule has 1 aliphatic carbocycles. The van der Waals surface area contributed by atoms with Crippen molar-refractivity contribution in [1.82, 2.24) is 19.8 Å². The summed E-state index contributed by atoms with van der Waals surface area (Å²) in [5.41, 5.74) is 3.20. The lowest BCUT2D eigenvalue weighted by molar-refractivity contribution is 0.0640. The number of pyridine rings is 2. The van der Waals surface area contributed by atoms with Crippen LogP contribution in [0, 0.1) is 13.8 Å². The Morgan fingerprint density at radius 2 is 1.56 bits per heavy atom. The average molecular weight is 364 g/mol. The number of aromatic nitrogens is 2. The van der Waals surface area contributed by atoms with Gasteiger partial charge >= 0.3 is 0 Å². The molecule has 2 fully saturated rings. The second-order valence-electron chi connectivity index (χ2n) is 7.64. The molecule has 0 aromatic carbocycles. The molecule has 1 saturated heterocycles. The number of nitrogens with zero attached hydrogens (tertiary/aromatic N) is 4. The quantitative estimate of drug-likeness (QED) is 0.836. The molecule has 1 saturated carbocycles. The first-order valence-corrected chi connectivity index (χ1v) is 9.48. The molecule has 27 heavy (non-hydrogen) atoms. The third kappa shape index (κ3) is 3.70. The Hall–Kier alpha value is -2.76. The van der Waals surface area contributed by atoms with Gasteiger partial charge in [0.15, 0.2) is 0 Å². The van der Waals surface area contributed by atoms with E-state index in [1.54, 1.807) is 24.8 Å². The largest absolute Gasteiger partial charge is 0.336 e. The van der Waals surface area contributed by atoms with Gasteiger partial charge in [-0.2, -0.15) is 0 Å². The van der Waals surface area contributed by atoms with E-state index in [9.17, 15) is 9.59 Å². The molecule has 0 spiro atoms. The van der Waals surface area contributed by atoms with Crippen molar-refractivity contribution in [1.29, 1.82) is 0 Å². The molecule has 0 radical (unpaired) electrons. The third-order valence-corrected chi connectivity index (χ3v) is 5.26. The minimum atomic E-state index is -0.00545. The van der Waals surface area contributed by atoms with Crippen LogP contribution >= 0.6 is 0 Å². The van der Waals surface area contributed by atoms with Crippen LogP contribution in [-0.4, -0.2) is 56.8 Å². The van der Waals surface area contributed by atoms with Gasteiger partial charge in [0.05, 0.1) is 17.2 Å². The van der Waals surface area contributed by atoms with E-state index in [1.807, 2.05) is 35.8 Å². The van der Waals surface area contributed by atoms with Gasteiger partial charge in [-0.15, -0.1) is 0 Å². The maximum Gasteiger partial charge on any atom is 0.255 e. The molecule has 6 nitrogen and oxygen atoms in total. The lowest BCUT2D eigenvalue weighted by Gasteiger charge is -2.29. The fraction of sp³-hybridized carbons (Fsp3) is 0.429. The minimum Gasteiger partial charge on any atom is -0.336 e. The maximum absolute atomic E-state index is 13.1. The zero-order chi connectivity index (χ0) is 19.0. The molecule has 2 amide bonds. The molecule has 1 aliphatic heterocycles. The fourth-order valence-corrected chi connectivity index (χ4v) is 3.81. The van der Waals surface area contributed by atoms with Gasteiger partial charge in [0, 0.05) is 43.9 Å². The van der Waals surface area contributed by atoms with E-state index in [2.05, 4.69) is 9.97 Å². The Morgan fingerprint density at radius 3 is 2.19 bits per heavy atom. The molecule has 2 aliphatic rings. The highest BCUT2D eigenvalue weighted by Crippen LogP contribution is 2.33. The molecular formula is C21H24N4O2. The first-order valence-electron chi connectivity index (χ1n) is 9.48. The number of rotatable bonds is 4. The summed E-state index contributed by atoms with van der Waals surface area (Å²) >= 11 is 0. The summed E-state index contributed by atoms with van der Waals surface area (Å²) in [6, 6.07) is 4.11. The lowest BCUT2D eigenvalue weighted by atomic mass is 10.1. The van der Waals surface area contributed by atoms with Crippen molar-refractivity contribution in [3.8, 4) is 0 Å². The van der Waals surface area contributed by atoms with E-state index in [1.165, 1.54) is 0 Å². The van der Waals surface area contributed by atoms with Gasteiger partial charge in [0.2, 0.25) is 0 Å². The van der Waals surface area contributed by atoms with Crippen LogP contribution in [0.4, 0.5) is 0 Å². The molecular weight excluding hydrogens is 340 g/mol. The van der Waals surface area contributed by atoms with Crippen LogP contribution in [0.5, 0.6) is 0 Å². The van der Waals surface area contributed by atoms with E-state index in [0.717, 1.165) is 30.4 Å². The second kappa shape index (κ2) is 7.10. The summed E-state index contributed by atoms with van der Waals surface area (Å²) in [7, 11) is 0. The Bertz CT molecular complexity index is 878. The molecule has 140 valence electrons. The smallest absolute Gasteiger partial charge is 0.255 e. The summed E-state index contributed by atoms with van der Waals surface area (Å²) in [6.07, 6.45) is 9.64. The number of carbonyl (C=O) groups excluding carboxylic acids is 2. The van der Waals surface area contributed by atoms with Crippen molar-refractivity contribution in [2.75, 3.05) is 13.1 Å². The summed E-state index contributed by atoms with van der Waals surface area (Å²) < 4.78 is 0. The number of likely N-dealkylation sites (tertiary alicyclic amines) is 1. The van der Waals surface area contributed by atoms with E-state index in [0.29, 0.717) is 30.3 Å². The molecule has 4 rings (SSSR count). The molecule has 1 atom stereocenters. The first kappa shape index (κ1) is 17.6. The van der Waals surface area contributed by atoms with E-state index in [4.69, 9.17) is 0 Å². The van der Waals surface area contributed by atoms with Crippen molar-refractivity contribution in [3.05, 3.63) is 59.2 Å². The second-order valence-corrected chi connectivity index (χ2v) is 7.64. The van der Waals surface area contributed by atoms with E-state index in [-0.39, 0.29) is 17.9 Å². The summed E-state index contributed by atoms with van der Waals surface area (Å²) in [5.74, 6) is 0.0272. The highest BCUT2D eigenvalue weighted by atomic mass is 16.2. The standard InChI is InChI=1S/C21H24N4O2/c1-14-7-16(11-22-9-14)20(26)24-6-5-19(13-24)25(18-3-4-18)21(27)17-8-15(2)10-23-12-17/h7-12,18-19H,3-6,13H2,1-2H3. The van der Waals surface area contributed by atoms with Crippen LogP contribution in [0.3, 0.4) is 0 Å². The molecule has 0 N–H and O–H groups in total. The average Bonchev–Trinajstić information content (AvgIpc) is 3.37. The van der Waals surface area contributed by atoms with Gasteiger partial charge in [0.1, 0.15) is 0 Å². The molecule has 6 heteroatoms.